The number of hydrogen-bond donors (Lipinski definition) is 0. The van der Waals surface area contributed by atoms with Crippen molar-refractivity contribution in [3.63, 3.8) is 0 Å². The van der Waals surface area contributed by atoms with Crippen molar-refractivity contribution in [2.75, 3.05) is 0 Å². The largest absolute Gasteiger partial charge is 0.203 e. The molecule has 0 nitrogen and oxygen atoms in total. The summed E-state index contributed by atoms with van der Waals surface area (Å²) in [6.45, 7) is 3.85. The second-order valence-corrected chi connectivity index (χ2v) is 3.77. The molecule has 0 aliphatic rings. The number of halogens is 2. The predicted octanol–water partition coefficient (Wildman–Crippen LogP) is 4.05. The molecule has 0 fully saturated rings. The molecule has 0 bridgehead atoms. The predicted molar refractivity (Wildman–Crippen MR) is 60.1 cm³/mol. The zero-order valence-corrected chi connectivity index (χ0v) is 9.14. The molecule has 0 aromatic heterocycles. The highest BCUT2D eigenvalue weighted by molar-refractivity contribution is 5.68. The first kappa shape index (κ1) is 10.8. The van der Waals surface area contributed by atoms with Crippen LogP contribution in [-0.2, 0) is 0 Å². The molecule has 0 saturated heterocycles. The molecule has 2 aromatic carbocycles. The van der Waals surface area contributed by atoms with E-state index < -0.39 is 11.6 Å². The van der Waals surface area contributed by atoms with Crippen molar-refractivity contribution in [2.45, 2.75) is 13.8 Å². The molecular formula is C14H11F2. The topological polar surface area (TPSA) is 0 Å². The van der Waals surface area contributed by atoms with Gasteiger partial charge in [0.2, 0.25) is 0 Å². The molecule has 0 saturated carbocycles. The molecule has 0 aliphatic carbocycles. The Hall–Kier alpha value is -1.70. The van der Waals surface area contributed by atoms with Gasteiger partial charge in [0.05, 0.1) is 0 Å². The minimum atomic E-state index is -0.932. The monoisotopic (exact) mass is 217 g/mol. The van der Waals surface area contributed by atoms with E-state index in [2.05, 4.69) is 6.07 Å². The van der Waals surface area contributed by atoms with Crippen molar-refractivity contribution in [3.8, 4) is 11.1 Å². The zero-order valence-electron chi connectivity index (χ0n) is 9.14. The minimum Gasteiger partial charge on any atom is -0.203 e. The van der Waals surface area contributed by atoms with E-state index in [9.17, 15) is 8.78 Å². The summed E-state index contributed by atoms with van der Waals surface area (Å²) in [6.07, 6.45) is 0. The lowest BCUT2D eigenvalue weighted by Crippen LogP contribution is -1.93. The Morgan fingerprint density at radius 3 is 2.50 bits per heavy atom. The Balaban J connectivity index is 2.68. The third-order valence-corrected chi connectivity index (χ3v) is 2.78. The van der Waals surface area contributed by atoms with E-state index in [0.717, 1.165) is 16.7 Å². The first-order chi connectivity index (χ1) is 7.61. The average molecular weight is 217 g/mol. The van der Waals surface area contributed by atoms with E-state index in [0.29, 0.717) is 0 Å². The number of rotatable bonds is 1. The highest BCUT2D eigenvalue weighted by Gasteiger charge is 2.12. The van der Waals surface area contributed by atoms with E-state index in [4.69, 9.17) is 0 Å². The number of hydrogen-bond acceptors (Lipinski definition) is 0. The van der Waals surface area contributed by atoms with Crippen LogP contribution < -0.4 is 0 Å². The van der Waals surface area contributed by atoms with Crippen LogP contribution in [0.3, 0.4) is 0 Å². The van der Waals surface area contributed by atoms with Crippen LogP contribution in [0.2, 0.25) is 0 Å². The molecule has 16 heavy (non-hydrogen) atoms. The summed E-state index contributed by atoms with van der Waals surface area (Å²) in [6, 6.07) is 10.7. The summed E-state index contributed by atoms with van der Waals surface area (Å²) >= 11 is 0. The van der Waals surface area contributed by atoms with Crippen LogP contribution in [0.5, 0.6) is 0 Å². The third kappa shape index (κ3) is 1.71. The van der Waals surface area contributed by atoms with Gasteiger partial charge in [-0.1, -0.05) is 30.3 Å². The van der Waals surface area contributed by atoms with E-state index in [-0.39, 0.29) is 5.56 Å². The Labute approximate surface area is 93.5 Å². The van der Waals surface area contributed by atoms with Crippen molar-refractivity contribution in [3.05, 3.63) is 59.2 Å². The molecule has 2 heteroatoms. The number of aryl methyl sites for hydroxylation is 1. The van der Waals surface area contributed by atoms with E-state index in [1.807, 2.05) is 26.0 Å². The Morgan fingerprint density at radius 1 is 1.00 bits per heavy atom. The van der Waals surface area contributed by atoms with Gasteiger partial charge in [0.15, 0.2) is 11.6 Å². The summed E-state index contributed by atoms with van der Waals surface area (Å²) < 4.78 is 26.7. The summed E-state index contributed by atoms with van der Waals surface area (Å²) in [5, 5.41) is 0. The fourth-order valence-electron chi connectivity index (χ4n) is 1.70. The molecule has 0 aliphatic heterocycles. The van der Waals surface area contributed by atoms with E-state index in [1.54, 1.807) is 12.1 Å². The van der Waals surface area contributed by atoms with Crippen LogP contribution >= 0.6 is 0 Å². The lowest BCUT2D eigenvalue weighted by atomic mass is 9.97. The van der Waals surface area contributed by atoms with E-state index >= 15 is 0 Å². The fraction of sp³-hybridized carbons (Fsp3) is 0.143. The van der Waals surface area contributed by atoms with Gasteiger partial charge in [-0.05, 0) is 30.5 Å². The summed E-state index contributed by atoms with van der Waals surface area (Å²) in [5.74, 6) is -1.77. The van der Waals surface area contributed by atoms with Crippen LogP contribution in [0.25, 0.3) is 11.1 Å². The highest BCUT2D eigenvalue weighted by Crippen LogP contribution is 2.28. The third-order valence-electron chi connectivity index (χ3n) is 2.78. The minimum absolute atomic E-state index is 0.289. The quantitative estimate of drug-likeness (QED) is 0.676. The Kier molecular flexibility index (Phi) is 2.73. The average Bonchev–Trinajstić information content (AvgIpc) is 2.27. The number of benzene rings is 2. The zero-order chi connectivity index (χ0) is 11.7. The normalized spacial score (nSPS) is 10.5. The van der Waals surface area contributed by atoms with Gasteiger partial charge in [-0.3, -0.25) is 0 Å². The lowest BCUT2D eigenvalue weighted by Gasteiger charge is -2.09. The molecule has 0 unspecified atom stereocenters. The van der Waals surface area contributed by atoms with Gasteiger partial charge in [0.1, 0.15) is 0 Å². The molecule has 0 amide bonds. The van der Waals surface area contributed by atoms with Gasteiger partial charge in [0, 0.05) is 11.6 Å². The smallest absolute Gasteiger partial charge is 0.167 e. The molecule has 81 valence electrons. The highest BCUT2D eigenvalue weighted by atomic mass is 19.2. The van der Waals surface area contributed by atoms with Crippen molar-refractivity contribution in [1.82, 2.24) is 0 Å². The SMILES string of the molecule is Cc1cccc(-c2cc[c]c(F)c2F)c1C. The Morgan fingerprint density at radius 2 is 1.75 bits per heavy atom. The van der Waals surface area contributed by atoms with Gasteiger partial charge < -0.3 is 0 Å². The van der Waals surface area contributed by atoms with Gasteiger partial charge in [0.25, 0.3) is 0 Å². The van der Waals surface area contributed by atoms with Crippen LogP contribution in [-0.4, -0.2) is 0 Å². The maximum Gasteiger partial charge on any atom is 0.167 e. The van der Waals surface area contributed by atoms with Crippen molar-refractivity contribution < 1.29 is 8.78 Å². The van der Waals surface area contributed by atoms with Crippen molar-refractivity contribution >= 4 is 0 Å². The first-order valence-corrected chi connectivity index (χ1v) is 5.03. The van der Waals surface area contributed by atoms with Crippen molar-refractivity contribution in [2.24, 2.45) is 0 Å². The van der Waals surface area contributed by atoms with Gasteiger partial charge in [-0.15, -0.1) is 0 Å². The second kappa shape index (κ2) is 4.05. The maximum absolute atomic E-state index is 13.6. The van der Waals surface area contributed by atoms with Gasteiger partial charge in [-0.25, -0.2) is 8.78 Å². The van der Waals surface area contributed by atoms with Crippen LogP contribution in [0.15, 0.2) is 30.3 Å². The molecule has 1 radical (unpaired) electrons. The van der Waals surface area contributed by atoms with E-state index in [1.165, 1.54) is 6.07 Å². The summed E-state index contributed by atoms with van der Waals surface area (Å²) in [5.41, 5.74) is 3.04. The molecule has 2 rings (SSSR count). The fourth-order valence-corrected chi connectivity index (χ4v) is 1.70. The molecule has 0 N–H and O–H groups in total. The summed E-state index contributed by atoms with van der Waals surface area (Å²) in [7, 11) is 0. The second-order valence-electron chi connectivity index (χ2n) is 3.77. The van der Waals surface area contributed by atoms with Gasteiger partial charge >= 0.3 is 0 Å². The molecule has 0 atom stereocenters. The first-order valence-electron chi connectivity index (χ1n) is 5.03. The standard InChI is InChI=1S/C14H11F2/c1-9-5-3-6-11(10(9)2)12-7-4-8-13(15)14(12)16/h3-7H,1-2H3. The summed E-state index contributed by atoms with van der Waals surface area (Å²) in [4.78, 5) is 0. The molecule has 2 aromatic rings. The van der Waals surface area contributed by atoms with Crippen LogP contribution in [0.4, 0.5) is 8.78 Å². The molecule has 0 heterocycles. The van der Waals surface area contributed by atoms with Gasteiger partial charge in [-0.2, -0.15) is 0 Å². The van der Waals surface area contributed by atoms with Crippen molar-refractivity contribution in [1.29, 1.82) is 0 Å². The van der Waals surface area contributed by atoms with Crippen LogP contribution in [0, 0.1) is 31.5 Å². The van der Waals surface area contributed by atoms with Crippen LogP contribution in [0.1, 0.15) is 11.1 Å². The maximum atomic E-state index is 13.6. The Bertz CT molecular complexity index is 481. The molecule has 0 spiro atoms. The molecular weight excluding hydrogens is 206 g/mol. The lowest BCUT2D eigenvalue weighted by molar-refractivity contribution is 0.509.